The molecule has 0 unspecified atom stereocenters. The van der Waals surface area contributed by atoms with Crippen LogP contribution in [0.15, 0.2) is 12.4 Å². The zero-order chi connectivity index (χ0) is 12.8. The third-order valence-corrected chi connectivity index (χ3v) is 3.69. The Hall–Kier alpha value is -1.03. The maximum atomic E-state index is 4.42. The first kappa shape index (κ1) is 13.4. The van der Waals surface area contributed by atoms with Crippen LogP contribution in [0.25, 0.3) is 0 Å². The molecule has 2 heterocycles. The van der Waals surface area contributed by atoms with Gasteiger partial charge in [-0.15, -0.1) is 0 Å². The Labute approximate surface area is 110 Å². The third-order valence-electron chi connectivity index (χ3n) is 3.69. The second-order valence-electron chi connectivity index (χ2n) is 5.16. The molecule has 18 heavy (non-hydrogen) atoms. The van der Waals surface area contributed by atoms with Crippen LogP contribution in [0, 0.1) is 0 Å². The van der Waals surface area contributed by atoms with Gasteiger partial charge in [-0.3, -0.25) is 0 Å². The Morgan fingerprint density at radius 1 is 1.28 bits per heavy atom. The normalized spacial score (nSPS) is 18.1. The Morgan fingerprint density at radius 2 is 2.06 bits per heavy atom. The van der Waals surface area contributed by atoms with Gasteiger partial charge >= 0.3 is 0 Å². The van der Waals surface area contributed by atoms with Gasteiger partial charge in [0.2, 0.25) is 5.95 Å². The second kappa shape index (κ2) is 6.78. The first-order valence-corrected chi connectivity index (χ1v) is 7.34. The van der Waals surface area contributed by atoms with Crippen LogP contribution >= 0.6 is 0 Å². The molecule has 0 radical (unpaired) electrons. The Balaban J connectivity index is 1.90. The van der Waals surface area contributed by atoms with Crippen LogP contribution in [0.5, 0.6) is 0 Å². The van der Waals surface area contributed by atoms with Crippen LogP contribution in [-0.4, -0.2) is 40.6 Å². The number of nitrogens with zero attached hydrogens (tertiary/aromatic N) is 3. The largest absolute Gasteiger partial charge is 0.356 e. The number of piperidine rings is 1. The van der Waals surface area contributed by atoms with Crippen molar-refractivity contribution in [1.82, 2.24) is 14.5 Å². The summed E-state index contributed by atoms with van der Waals surface area (Å²) in [5, 5.41) is 3.41. The topological polar surface area (TPSA) is 33.1 Å². The summed E-state index contributed by atoms with van der Waals surface area (Å²) in [6.45, 7) is 9.15. The minimum atomic E-state index is 0.625. The van der Waals surface area contributed by atoms with E-state index >= 15 is 0 Å². The highest BCUT2D eigenvalue weighted by molar-refractivity contribution is 5.26. The molecule has 1 saturated heterocycles. The van der Waals surface area contributed by atoms with E-state index in [9.17, 15) is 0 Å². The third kappa shape index (κ3) is 3.25. The summed E-state index contributed by atoms with van der Waals surface area (Å²) >= 11 is 0. The lowest BCUT2D eigenvalue weighted by atomic mass is 10.0. The van der Waals surface area contributed by atoms with Crippen LogP contribution < -0.4 is 5.32 Å². The number of imidazole rings is 1. The molecule has 1 aromatic heterocycles. The molecule has 1 aliphatic heterocycles. The van der Waals surface area contributed by atoms with E-state index in [1.807, 2.05) is 6.20 Å². The van der Waals surface area contributed by atoms with Crippen molar-refractivity contribution >= 4 is 5.95 Å². The Morgan fingerprint density at radius 3 is 2.72 bits per heavy atom. The monoisotopic (exact) mass is 250 g/mol. The average Bonchev–Trinajstić information content (AvgIpc) is 2.86. The predicted molar refractivity (Wildman–Crippen MR) is 76.0 cm³/mol. The fourth-order valence-corrected chi connectivity index (χ4v) is 2.72. The maximum Gasteiger partial charge on any atom is 0.203 e. The van der Waals surface area contributed by atoms with Crippen molar-refractivity contribution in [3.8, 4) is 0 Å². The predicted octanol–water partition coefficient (Wildman–Crippen LogP) is 2.75. The maximum absolute atomic E-state index is 4.42. The number of nitrogens with one attached hydrogen (secondary N) is 1. The van der Waals surface area contributed by atoms with Gasteiger partial charge in [0.25, 0.3) is 0 Å². The molecule has 1 aromatic rings. The first-order valence-electron chi connectivity index (χ1n) is 7.34. The van der Waals surface area contributed by atoms with Gasteiger partial charge in [0, 0.05) is 38.1 Å². The van der Waals surface area contributed by atoms with Gasteiger partial charge in [-0.1, -0.05) is 13.8 Å². The van der Waals surface area contributed by atoms with E-state index in [4.69, 9.17) is 0 Å². The number of aromatic nitrogens is 2. The number of anilines is 1. The van der Waals surface area contributed by atoms with Crippen LogP contribution in [0.4, 0.5) is 5.95 Å². The summed E-state index contributed by atoms with van der Waals surface area (Å²) in [7, 11) is 0. The van der Waals surface area contributed by atoms with E-state index in [1.165, 1.54) is 38.9 Å². The molecule has 0 aromatic carbocycles. The van der Waals surface area contributed by atoms with Gasteiger partial charge in [0.15, 0.2) is 0 Å². The van der Waals surface area contributed by atoms with Crippen molar-refractivity contribution in [2.45, 2.75) is 45.6 Å². The lowest BCUT2D eigenvalue weighted by molar-refractivity contribution is 0.187. The molecule has 0 spiro atoms. The number of likely N-dealkylation sites (tertiary alicyclic amines) is 1. The Kier molecular flexibility index (Phi) is 5.05. The molecule has 1 N–H and O–H groups in total. The number of hydrogen-bond acceptors (Lipinski definition) is 3. The fourth-order valence-electron chi connectivity index (χ4n) is 2.72. The molecule has 4 heteroatoms. The standard InChI is InChI=1S/C14H26N4/c1-3-7-15-14-16-8-12-18(14)13-5-10-17(9-4-2)11-6-13/h8,12-13H,3-7,9-11H2,1-2H3,(H,15,16). The highest BCUT2D eigenvalue weighted by Crippen LogP contribution is 2.25. The zero-order valence-corrected chi connectivity index (χ0v) is 11.7. The van der Waals surface area contributed by atoms with Crippen LogP contribution in [-0.2, 0) is 0 Å². The molecular formula is C14H26N4. The zero-order valence-electron chi connectivity index (χ0n) is 11.7. The summed E-state index contributed by atoms with van der Waals surface area (Å²) in [6, 6.07) is 0.625. The molecule has 0 atom stereocenters. The molecule has 4 nitrogen and oxygen atoms in total. The molecule has 102 valence electrons. The summed E-state index contributed by atoms with van der Waals surface area (Å²) in [5.74, 6) is 1.05. The van der Waals surface area contributed by atoms with Gasteiger partial charge < -0.3 is 14.8 Å². The summed E-state index contributed by atoms with van der Waals surface area (Å²) < 4.78 is 2.33. The molecule has 0 saturated carbocycles. The minimum Gasteiger partial charge on any atom is -0.356 e. The van der Waals surface area contributed by atoms with Gasteiger partial charge in [-0.05, 0) is 32.2 Å². The lowest BCUT2D eigenvalue weighted by Gasteiger charge is -2.33. The Bertz CT molecular complexity index is 339. The average molecular weight is 250 g/mol. The number of rotatable bonds is 6. The quantitative estimate of drug-likeness (QED) is 0.842. The highest BCUT2D eigenvalue weighted by atomic mass is 15.2. The molecule has 0 amide bonds. The van der Waals surface area contributed by atoms with Crippen molar-refractivity contribution in [3.05, 3.63) is 12.4 Å². The summed E-state index contributed by atoms with van der Waals surface area (Å²) in [6.07, 6.45) is 8.93. The SMILES string of the molecule is CCCNc1nccn1C1CCN(CCC)CC1. The molecule has 1 aliphatic rings. The van der Waals surface area contributed by atoms with E-state index in [1.54, 1.807) is 0 Å². The molecule has 0 bridgehead atoms. The van der Waals surface area contributed by atoms with Crippen LogP contribution in [0.1, 0.15) is 45.6 Å². The van der Waals surface area contributed by atoms with Gasteiger partial charge in [0.05, 0.1) is 0 Å². The van der Waals surface area contributed by atoms with E-state index < -0.39 is 0 Å². The summed E-state index contributed by atoms with van der Waals surface area (Å²) in [5.41, 5.74) is 0. The van der Waals surface area contributed by atoms with Gasteiger partial charge in [-0.25, -0.2) is 4.98 Å². The van der Waals surface area contributed by atoms with Crippen LogP contribution in [0.3, 0.4) is 0 Å². The molecule has 0 aliphatic carbocycles. The second-order valence-corrected chi connectivity index (χ2v) is 5.16. The molecule has 1 fully saturated rings. The van der Waals surface area contributed by atoms with E-state index in [2.05, 4.69) is 39.8 Å². The van der Waals surface area contributed by atoms with E-state index in [0.29, 0.717) is 6.04 Å². The molecule has 2 rings (SSSR count). The highest BCUT2D eigenvalue weighted by Gasteiger charge is 2.21. The van der Waals surface area contributed by atoms with Crippen molar-refractivity contribution < 1.29 is 0 Å². The van der Waals surface area contributed by atoms with Gasteiger partial charge in [-0.2, -0.15) is 0 Å². The van der Waals surface area contributed by atoms with Crippen molar-refractivity contribution in [1.29, 1.82) is 0 Å². The van der Waals surface area contributed by atoms with Crippen molar-refractivity contribution in [3.63, 3.8) is 0 Å². The summed E-state index contributed by atoms with van der Waals surface area (Å²) in [4.78, 5) is 7.00. The van der Waals surface area contributed by atoms with Gasteiger partial charge in [0.1, 0.15) is 0 Å². The van der Waals surface area contributed by atoms with Crippen molar-refractivity contribution in [2.24, 2.45) is 0 Å². The molecular weight excluding hydrogens is 224 g/mol. The first-order chi connectivity index (χ1) is 8.85. The van der Waals surface area contributed by atoms with Crippen molar-refractivity contribution in [2.75, 3.05) is 31.5 Å². The minimum absolute atomic E-state index is 0.625. The van der Waals surface area contributed by atoms with E-state index in [0.717, 1.165) is 18.9 Å². The lowest BCUT2D eigenvalue weighted by Crippen LogP contribution is -2.35. The van der Waals surface area contributed by atoms with Crippen LogP contribution in [0.2, 0.25) is 0 Å². The van der Waals surface area contributed by atoms with E-state index in [-0.39, 0.29) is 0 Å². The smallest absolute Gasteiger partial charge is 0.203 e. The number of hydrogen-bond donors (Lipinski definition) is 1. The fraction of sp³-hybridized carbons (Fsp3) is 0.786.